The van der Waals surface area contributed by atoms with E-state index in [1.54, 1.807) is 13.8 Å². The highest BCUT2D eigenvalue weighted by atomic mass is 16.5. The fourth-order valence-electron chi connectivity index (χ4n) is 3.61. The molecule has 0 aliphatic heterocycles. The van der Waals surface area contributed by atoms with Crippen LogP contribution in [0.4, 0.5) is 5.95 Å². The number of rotatable bonds is 11. The van der Waals surface area contributed by atoms with E-state index >= 15 is 0 Å². The van der Waals surface area contributed by atoms with Gasteiger partial charge in [-0.05, 0) is 73.9 Å². The summed E-state index contributed by atoms with van der Waals surface area (Å²) in [6.07, 6.45) is 6.53. The Labute approximate surface area is 202 Å². The molecule has 2 aromatic carbocycles. The van der Waals surface area contributed by atoms with E-state index in [4.69, 9.17) is 4.74 Å². The first-order chi connectivity index (χ1) is 16.2. The fourth-order valence-corrected chi connectivity index (χ4v) is 3.61. The van der Waals surface area contributed by atoms with Crippen LogP contribution in [-0.2, 0) is 30.6 Å². The SMILES string of the molecule is CCc1ccc(CN(CCc2ccc(OC(C)(C)C(=O)O)c(C)c2)c2ncc(CC)cn2)cc1. The van der Waals surface area contributed by atoms with E-state index in [1.807, 2.05) is 31.5 Å². The molecule has 3 aromatic rings. The van der Waals surface area contributed by atoms with Crippen LogP contribution < -0.4 is 9.64 Å². The number of carboxylic acids is 1. The average molecular weight is 462 g/mol. The summed E-state index contributed by atoms with van der Waals surface area (Å²) in [6, 6.07) is 14.6. The van der Waals surface area contributed by atoms with Crippen LogP contribution in [-0.4, -0.2) is 33.2 Å². The van der Waals surface area contributed by atoms with Crippen LogP contribution in [0.25, 0.3) is 0 Å². The lowest BCUT2D eigenvalue weighted by Gasteiger charge is -2.24. The lowest BCUT2D eigenvalue weighted by molar-refractivity contribution is -0.152. The normalized spacial score (nSPS) is 11.3. The minimum atomic E-state index is -1.28. The largest absolute Gasteiger partial charge is 0.478 e. The van der Waals surface area contributed by atoms with E-state index in [-0.39, 0.29) is 0 Å². The molecule has 6 nitrogen and oxygen atoms in total. The predicted molar refractivity (Wildman–Crippen MR) is 136 cm³/mol. The van der Waals surface area contributed by atoms with Crippen molar-refractivity contribution in [1.29, 1.82) is 0 Å². The summed E-state index contributed by atoms with van der Waals surface area (Å²) in [4.78, 5) is 22.8. The van der Waals surface area contributed by atoms with Gasteiger partial charge in [-0.25, -0.2) is 14.8 Å². The van der Waals surface area contributed by atoms with Gasteiger partial charge in [0.1, 0.15) is 5.75 Å². The van der Waals surface area contributed by atoms with Crippen molar-refractivity contribution in [2.75, 3.05) is 11.4 Å². The van der Waals surface area contributed by atoms with Crippen LogP contribution in [0.2, 0.25) is 0 Å². The van der Waals surface area contributed by atoms with Crippen molar-refractivity contribution >= 4 is 11.9 Å². The van der Waals surface area contributed by atoms with Crippen molar-refractivity contribution in [3.05, 3.63) is 82.7 Å². The highest BCUT2D eigenvalue weighted by Crippen LogP contribution is 2.25. The molecule has 180 valence electrons. The lowest BCUT2D eigenvalue weighted by Crippen LogP contribution is -2.38. The van der Waals surface area contributed by atoms with Crippen molar-refractivity contribution in [3.8, 4) is 5.75 Å². The first kappa shape index (κ1) is 25.2. The molecule has 0 radical (unpaired) electrons. The predicted octanol–water partition coefficient (Wildman–Crippen LogP) is 5.40. The summed E-state index contributed by atoms with van der Waals surface area (Å²) in [5, 5.41) is 9.34. The maximum absolute atomic E-state index is 11.4. The minimum absolute atomic E-state index is 0.586. The van der Waals surface area contributed by atoms with Crippen LogP contribution in [0.3, 0.4) is 0 Å². The summed E-state index contributed by atoms with van der Waals surface area (Å²) < 4.78 is 5.73. The zero-order valence-electron chi connectivity index (χ0n) is 20.8. The summed E-state index contributed by atoms with van der Waals surface area (Å²) in [5.41, 5.74) is 4.44. The maximum Gasteiger partial charge on any atom is 0.347 e. The molecule has 0 aliphatic carbocycles. The molecule has 0 aliphatic rings. The number of aromatic nitrogens is 2. The number of hydrogen-bond donors (Lipinski definition) is 1. The van der Waals surface area contributed by atoms with E-state index in [2.05, 4.69) is 59.0 Å². The molecule has 1 heterocycles. The van der Waals surface area contributed by atoms with Gasteiger partial charge < -0.3 is 14.7 Å². The average Bonchev–Trinajstić information content (AvgIpc) is 2.83. The Bertz CT molecular complexity index is 1090. The third kappa shape index (κ3) is 6.56. The molecule has 0 spiro atoms. The second-order valence-corrected chi connectivity index (χ2v) is 9.10. The van der Waals surface area contributed by atoms with Gasteiger partial charge in [0, 0.05) is 25.5 Å². The Hall–Kier alpha value is -3.41. The van der Waals surface area contributed by atoms with E-state index < -0.39 is 11.6 Å². The van der Waals surface area contributed by atoms with Crippen LogP contribution in [0.15, 0.2) is 54.9 Å². The number of nitrogens with zero attached hydrogens (tertiary/aromatic N) is 3. The van der Waals surface area contributed by atoms with Crippen molar-refractivity contribution < 1.29 is 14.6 Å². The maximum atomic E-state index is 11.4. The van der Waals surface area contributed by atoms with Crippen LogP contribution in [0, 0.1) is 6.92 Å². The zero-order chi connectivity index (χ0) is 24.7. The van der Waals surface area contributed by atoms with Crippen molar-refractivity contribution in [2.24, 2.45) is 0 Å². The first-order valence-electron chi connectivity index (χ1n) is 11.9. The number of carbonyl (C=O) groups is 1. The molecule has 3 rings (SSSR count). The molecule has 1 N–H and O–H groups in total. The molecule has 0 fully saturated rings. The van der Waals surface area contributed by atoms with Crippen LogP contribution >= 0.6 is 0 Å². The Morgan fingerprint density at radius 2 is 1.53 bits per heavy atom. The molecular formula is C28H35N3O3. The fraction of sp³-hybridized carbons (Fsp3) is 0.393. The molecule has 0 unspecified atom stereocenters. The molecule has 34 heavy (non-hydrogen) atoms. The van der Waals surface area contributed by atoms with E-state index in [9.17, 15) is 9.90 Å². The molecule has 0 amide bonds. The van der Waals surface area contributed by atoms with E-state index in [0.717, 1.165) is 55.0 Å². The Morgan fingerprint density at radius 1 is 0.941 bits per heavy atom. The second kappa shape index (κ2) is 11.1. The Kier molecular flexibility index (Phi) is 8.26. The van der Waals surface area contributed by atoms with E-state index in [1.165, 1.54) is 11.1 Å². The van der Waals surface area contributed by atoms with Gasteiger partial charge in [0.2, 0.25) is 5.95 Å². The third-order valence-electron chi connectivity index (χ3n) is 5.98. The van der Waals surface area contributed by atoms with Gasteiger partial charge in [-0.2, -0.15) is 0 Å². The Morgan fingerprint density at radius 3 is 2.09 bits per heavy atom. The van der Waals surface area contributed by atoms with Crippen LogP contribution in [0.5, 0.6) is 5.75 Å². The number of aryl methyl sites for hydroxylation is 3. The number of hydrogen-bond acceptors (Lipinski definition) is 5. The number of benzene rings is 2. The molecular weight excluding hydrogens is 426 g/mol. The van der Waals surface area contributed by atoms with Crippen molar-refractivity contribution in [3.63, 3.8) is 0 Å². The number of anilines is 1. The molecule has 0 saturated carbocycles. The summed E-state index contributed by atoms with van der Waals surface area (Å²) in [7, 11) is 0. The number of ether oxygens (including phenoxy) is 1. The summed E-state index contributed by atoms with van der Waals surface area (Å²) >= 11 is 0. The third-order valence-corrected chi connectivity index (χ3v) is 5.98. The van der Waals surface area contributed by atoms with Gasteiger partial charge in [-0.3, -0.25) is 0 Å². The van der Waals surface area contributed by atoms with Gasteiger partial charge in [0.05, 0.1) is 0 Å². The quantitative estimate of drug-likeness (QED) is 0.412. The van der Waals surface area contributed by atoms with Crippen LogP contribution in [0.1, 0.15) is 55.5 Å². The zero-order valence-corrected chi connectivity index (χ0v) is 20.8. The van der Waals surface area contributed by atoms with Gasteiger partial charge in [0.25, 0.3) is 0 Å². The van der Waals surface area contributed by atoms with E-state index in [0.29, 0.717) is 5.75 Å². The molecule has 0 saturated heterocycles. The van der Waals surface area contributed by atoms with Gasteiger partial charge >= 0.3 is 5.97 Å². The highest BCUT2D eigenvalue weighted by Gasteiger charge is 2.29. The highest BCUT2D eigenvalue weighted by molar-refractivity contribution is 5.76. The van der Waals surface area contributed by atoms with Crippen molar-refractivity contribution in [2.45, 2.75) is 66.0 Å². The monoisotopic (exact) mass is 461 g/mol. The summed E-state index contributed by atoms with van der Waals surface area (Å²) in [5.74, 6) is 0.312. The van der Waals surface area contributed by atoms with Gasteiger partial charge in [0.15, 0.2) is 5.60 Å². The Balaban J connectivity index is 1.76. The molecule has 1 aromatic heterocycles. The van der Waals surface area contributed by atoms with Crippen molar-refractivity contribution in [1.82, 2.24) is 9.97 Å². The summed E-state index contributed by atoms with van der Waals surface area (Å²) in [6.45, 7) is 10.8. The second-order valence-electron chi connectivity index (χ2n) is 9.10. The van der Waals surface area contributed by atoms with Gasteiger partial charge in [-0.1, -0.05) is 50.2 Å². The first-order valence-corrected chi connectivity index (χ1v) is 11.9. The smallest absolute Gasteiger partial charge is 0.347 e. The number of aliphatic carboxylic acids is 1. The lowest BCUT2D eigenvalue weighted by atomic mass is 10.1. The minimum Gasteiger partial charge on any atom is -0.478 e. The topological polar surface area (TPSA) is 75.5 Å². The molecule has 6 heteroatoms. The molecule has 0 bridgehead atoms. The number of carboxylic acid groups (broad SMARTS) is 1. The standard InChI is InChI=1S/C28H35N3O3/c1-6-21-8-10-24(11-9-21)19-31(27-29-17-22(7-2)18-30-27)15-14-23-12-13-25(20(3)16-23)34-28(4,5)26(32)33/h8-13,16-18H,6-7,14-15,19H2,1-5H3,(H,32,33). The van der Waals surface area contributed by atoms with Gasteiger partial charge in [-0.15, -0.1) is 0 Å². The molecule has 0 atom stereocenters.